The molecule has 4 fully saturated rings. The van der Waals surface area contributed by atoms with E-state index in [0.29, 0.717) is 5.41 Å². The summed E-state index contributed by atoms with van der Waals surface area (Å²) in [7, 11) is 0. The molecule has 3 heteroatoms. The fourth-order valence-corrected chi connectivity index (χ4v) is 6.01. The van der Waals surface area contributed by atoms with Crippen LogP contribution in [-0.4, -0.2) is 14.8 Å². The Hall–Kier alpha value is -1.12. The zero-order valence-electron chi connectivity index (χ0n) is 12.1. The Morgan fingerprint density at radius 1 is 0.950 bits per heavy atom. The van der Waals surface area contributed by atoms with Gasteiger partial charge in [-0.15, -0.1) is 10.2 Å². The number of rotatable bonds is 1. The van der Waals surface area contributed by atoms with Crippen molar-refractivity contribution in [3.05, 3.63) is 23.8 Å². The smallest absolute Gasteiger partial charge is 0.139 e. The second-order valence-corrected chi connectivity index (χ2v) is 7.75. The van der Waals surface area contributed by atoms with Crippen molar-refractivity contribution in [1.29, 1.82) is 0 Å². The van der Waals surface area contributed by atoms with Crippen LogP contribution >= 0.6 is 0 Å². The topological polar surface area (TPSA) is 30.7 Å². The molecule has 2 heterocycles. The fourth-order valence-electron chi connectivity index (χ4n) is 6.01. The SMILES string of the molecule is C1=CCc2nnc(C34CC5CC(CC(C5)C3)C4)n2CC1. The molecule has 0 atom stereocenters. The zero-order valence-corrected chi connectivity index (χ0v) is 12.1. The van der Waals surface area contributed by atoms with E-state index in [9.17, 15) is 0 Å². The first-order chi connectivity index (χ1) is 9.82. The van der Waals surface area contributed by atoms with E-state index in [1.54, 1.807) is 0 Å². The summed E-state index contributed by atoms with van der Waals surface area (Å²) in [5.41, 5.74) is 0.393. The molecule has 4 aliphatic carbocycles. The Morgan fingerprint density at radius 2 is 1.65 bits per heavy atom. The third-order valence-corrected chi connectivity index (χ3v) is 6.33. The van der Waals surface area contributed by atoms with Crippen LogP contribution < -0.4 is 0 Å². The molecule has 6 rings (SSSR count). The van der Waals surface area contributed by atoms with Crippen LogP contribution in [0.5, 0.6) is 0 Å². The Balaban J connectivity index is 1.59. The molecule has 1 aromatic heterocycles. The van der Waals surface area contributed by atoms with Crippen molar-refractivity contribution in [3.63, 3.8) is 0 Å². The minimum Gasteiger partial charge on any atom is -0.314 e. The molecule has 0 aromatic carbocycles. The highest BCUT2D eigenvalue weighted by atomic mass is 15.3. The molecule has 1 aromatic rings. The van der Waals surface area contributed by atoms with Crippen molar-refractivity contribution in [2.75, 3.05) is 0 Å². The largest absolute Gasteiger partial charge is 0.314 e. The van der Waals surface area contributed by atoms with E-state index in [-0.39, 0.29) is 0 Å². The lowest BCUT2D eigenvalue weighted by Gasteiger charge is -2.56. The number of hydrogen-bond acceptors (Lipinski definition) is 2. The fraction of sp³-hybridized carbons (Fsp3) is 0.765. The normalized spacial score (nSPS) is 41.7. The quantitative estimate of drug-likeness (QED) is 0.733. The van der Waals surface area contributed by atoms with Crippen LogP contribution in [0, 0.1) is 17.8 Å². The van der Waals surface area contributed by atoms with E-state index in [1.165, 1.54) is 50.2 Å². The van der Waals surface area contributed by atoms with Gasteiger partial charge in [0, 0.05) is 18.4 Å². The summed E-state index contributed by atoms with van der Waals surface area (Å²) >= 11 is 0. The van der Waals surface area contributed by atoms with Crippen molar-refractivity contribution in [2.24, 2.45) is 17.8 Å². The molecule has 0 saturated heterocycles. The maximum absolute atomic E-state index is 4.71. The maximum atomic E-state index is 4.71. The molecule has 0 unspecified atom stereocenters. The van der Waals surface area contributed by atoms with Crippen LogP contribution in [0.4, 0.5) is 0 Å². The Bertz CT molecular complexity index is 534. The molecule has 4 saturated carbocycles. The lowest BCUT2D eigenvalue weighted by atomic mass is 9.49. The number of nitrogens with zero attached hydrogens (tertiary/aromatic N) is 3. The standard InChI is InChI=1S/C17H23N3/c1-2-4-15-18-19-16(20(15)5-3-1)17-9-12-6-13(10-17)8-14(7-12)11-17/h1-2,12-14H,3-11H2. The first kappa shape index (κ1) is 11.5. The third-order valence-electron chi connectivity index (χ3n) is 6.33. The number of hydrogen-bond donors (Lipinski definition) is 0. The van der Waals surface area contributed by atoms with Gasteiger partial charge in [-0.05, 0) is 62.7 Å². The monoisotopic (exact) mass is 269 g/mol. The van der Waals surface area contributed by atoms with E-state index < -0.39 is 0 Å². The summed E-state index contributed by atoms with van der Waals surface area (Å²) in [4.78, 5) is 0. The van der Waals surface area contributed by atoms with Crippen LogP contribution in [0.1, 0.15) is 56.6 Å². The van der Waals surface area contributed by atoms with Gasteiger partial charge in [0.15, 0.2) is 0 Å². The molecular formula is C17H23N3. The molecule has 106 valence electrons. The highest BCUT2D eigenvalue weighted by Crippen LogP contribution is 2.60. The van der Waals surface area contributed by atoms with Crippen molar-refractivity contribution in [3.8, 4) is 0 Å². The van der Waals surface area contributed by atoms with Gasteiger partial charge in [0.1, 0.15) is 11.6 Å². The van der Waals surface area contributed by atoms with Crippen molar-refractivity contribution in [2.45, 2.75) is 63.3 Å². The van der Waals surface area contributed by atoms with E-state index in [0.717, 1.165) is 37.1 Å². The average molecular weight is 269 g/mol. The first-order valence-electron chi connectivity index (χ1n) is 8.40. The zero-order chi connectivity index (χ0) is 13.2. The summed E-state index contributed by atoms with van der Waals surface area (Å²) in [5, 5.41) is 9.24. The highest BCUT2D eigenvalue weighted by Gasteiger charge is 2.53. The summed E-state index contributed by atoms with van der Waals surface area (Å²) in [5.74, 6) is 5.51. The van der Waals surface area contributed by atoms with Gasteiger partial charge in [0.2, 0.25) is 0 Å². The molecule has 0 amide bonds. The van der Waals surface area contributed by atoms with Crippen LogP contribution in [0.15, 0.2) is 12.2 Å². The number of fused-ring (bicyclic) bond motifs is 1. The van der Waals surface area contributed by atoms with Gasteiger partial charge in [-0.1, -0.05) is 12.2 Å². The third kappa shape index (κ3) is 1.52. The van der Waals surface area contributed by atoms with E-state index in [1.807, 2.05) is 0 Å². The molecule has 4 bridgehead atoms. The molecule has 0 radical (unpaired) electrons. The summed E-state index contributed by atoms with van der Waals surface area (Å²) < 4.78 is 2.48. The van der Waals surface area contributed by atoms with Crippen molar-refractivity contribution >= 4 is 0 Å². The molecule has 0 spiro atoms. The van der Waals surface area contributed by atoms with Gasteiger partial charge >= 0.3 is 0 Å². The summed E-state index contributed by atoms with van der Waals surface area (Å²) in [6.45, 7) is 1.09. The molecule has 5 aliphatic rings. The van der Waals surface area contributed by atoms with Crippen LogP contribution in [0.2, 0.25) is 0 Å². The molecule has 1 aliphatic heterocycles. The number of aromatic nitrogens is 3. The van der Waals surface area contributed by atoms with Crippen molar-refractivity contribution < 1.29 is 0 Å². The van der Waals surface area contributed by atoms with Gasteiger partial charge in [-0.2, -0.15) is 0 Å². The molecule has 20 heavy (non-hydrogen) atoms. The predicted octanol–water partition coefficient (Wildman–Crippen LogP) is 3.25. The highest BCUT2D eigenvalue weighted by molar-refractivity contribution is 5.20. The maximum Gasteiger partial charge on any atom is 0.139 e. The second kappa shape index (κ2) is 3.96. The van der Waals surface area contributed by atoms with Crippen molar-refractivity contribution in [1.82, 2.24) is 14.8 Å². The van der Waals surface area contributed by atoms with Gasteiger partial charge in [-0.3, -0.25) is 0 Å². The number of allylic oxidation sites excluding steroid dienone is 2. The van der Waals surface area contributed by atoms with Gasteiger partial charge in [-0.25, -0.2) is 0 Å². The Morgan fingerprint density at radius 3 is 2.35 bits per heavy atom. The first-order valence-corrected chi connectivity index (χ1v) is 8.40. The predicted molar refractivity (Wildman–Crippen MR) is 77.3 cm³/mol. The minimum atomic E-state index is 0.393. The van der Waals surface area contributed by atoms with Gasteiger partial charge in [0.25, 0.3) is 0 Å². The summed E-state index contributed by atoms with van der Waals surface area (Å²) in [6, 6.07) is 0. The van der Waals surface area contributed by atoms with E-state index in [2.05, 4.69) is 21.8 Å². The molecular weight excluding hydrogens is 246 g/mol. The van der Waals surface area contributed by atoms with Gasteiger partial charge in [0.05, 0.1) is 0 Å². The van der Waals surface area contributed by atoms with Crippen LogP contribution in [0.3, 0.4) is 0 Å². The van der Waals surface area contributed by atoms with E-state index in [4.69, 9.17) is 5.10 Å². The average Bonchev–Trinajstić information content (AvgIpc) is 2.68. The minimum absolute atomic E-state index is 0.393. The molecule has 3 nitrogen and oxygen atoms in total. The van der Waals surface area contributed by atoms with Gasteiger partial charge < -0.3 is 4.57 Å². The van der Waals surface area contributed by atoms with Crippen LogP contribution in [-0.2, 0) is 18.4 Å². The lowest BCUT2D eigenvalue weighted by Crippen LogP contribution is -2.49. The van der Waals surface area contributed by atoms with Crippen LogP contribution in [0.25, 0.3) is 0 Å². The van der Waals surface area contributed by atoms with E-state index >= 15 is 0 Å². The second-order valence-electron chi connectivity index (χ2n) is 7.75. The Labute approximate surface area is 120 Å². The lowest BCUT2D eigenvalue weighted by molar-refractivity contribution is -0.0112. The molecule has 0 N–H and O–H groups in total. The summed E-state index contributed by atoms with van der Waals surface area (Å²) in [6.07, 6.45) is 15.4. The Kier molecular flexibility index (Phi) is 2.28.